The van der Waals surface area contributed by atoms with Crippen molar-refractivity contribution in [3.8, 4) is 11.1 Å². The maximum atomic E-state index is 12.7. The number of carbonyl (C=O) groups is 2. The first-order valence-corrected chi connectivity index (χ1v) is 12.2. The smallest absolute Gasteiger partial charge is 0.220 e. The Morgan fingerprint density at radius 2 is 1.81 bits per heavy atom. The molecular weight excluding hydrogens is 416 g/mol. The first-order chi connectivity index (χ1) is 15.6. The van der Waals surface area contributed by atoms with Crippen LogP contribution < -0.4 is 10.6 Å². The van der Waals surface area contributed by atoms with Crippen LogP contribution in [0.15, 0.2) is 72.1 Å². The summed E-state index contributed by atoms with van der Waals surface area (Å²) in [6.45, 7) is 2.09. The van der Waals surface area contributed by atoms with Gasteiger partial charge in [-0.05, 0) is 53.8 Å². The van der Waals surface area contributed by atoms with Crippen molar-refractivity contribution < 1.29 is 9.59 Å². The Balaban J connectivity index is 1.40. The molecule has 0 radical (unpaired) electrons. The highest BCUT2D eigenvalue weighted by molar-refractivity contribution is 7.10. The highest BCUT2D eigenvalue weighted by atomic mass is 32.1. The van der Waals surface area contributed by atoms with Gasteiger partial charge in [-0.1, -0.05) is 67.6 Å². The van der Waals surface area contributed by atoms with E-state index in [0.717, 1.165) is 19.3 Å². The van der Waals surface area contributed by atoms with Crippen LogP contribution >= 0.6 is 11.3 Å². The van der Waals surface area contributed by atoms with Crippen LogP contribution in [0.3, 0.4) is 0 Å². The van der Waals surface area contributed by atoms with Crippen molar-refractivity contribution >= 4 is 23.2 Å². The lowest BCUT2D eigenvalue weighted by Gasteiger charge is -2.30. The Morgan fingerprint density at radius 1 is 1.06 bits per heavy atom. The fourth-order valence-electron chi connectivity index (χ4n) is 4.50. The summed E-state index contributed by atoms with van der Waals surface area (Å²) in [5.74, 6) is 0.126. The van der Waals surface area contributed by atoms with Crippen molar-refractivity contribution in [2.24, 2.45) is 0 Å². The monoisotopic (exact) mass is 446 g/mol. The van der Waals surface area contributed by atoms with Gasteiger partial charge in [-0.15, -0.1) is 11.3 Å². The average molecular weight is 447 g/mol. The molecule has 2 amide bonds. The molecule has 32 heavy (non-hydrogen) atoms. The van der Waals surface area contributed by atoms with Gasteiger partial charge in [0.05, 0.1) is 6.04 Å². The van der Waals surface area contributed by atoms with E-state index in [1.54, 1.807) is 11.3 Å². The van der Waals surface area contributed by atoms with Gasteiger partial charge in [0.15, 0.2) is 0 Å². The third-order valence-electron chi connectivity index (χ3n) is 6.30. The normalized spacial score (nSPS) is 18.8. The van der Waals surface area contributed by atoms with Crippen molar-refractivity contribution in [3.05, 3.63) is 82.6 Å². The van der Waals surface area contributed by atoms with E-state index >= 15 is 0 Å². The molecule has 0 saturated carbocycles. The lowest BCUT2D eigenvalue weighted by atomic mass is 9.84. The van der Waals surface area contributed by atoms with Crippen molar-refractivity contribution in [2.45, 2.75) is 57.0 Å². The van der Waals surface area contributed by atoms with Gasteiger partial charge >= 0.3 is 0 Å². The summed E-state index contributed by atoms with van der Waals surface area (Å²) >= 11 is 1.67. The fraction of sp³-hybridized carbons (Fsp3) is 0.333. The molecule has 1 aliphatic rings. The van der Waals surface area contributed by atoms with Gasteiger partial charge in [-0.3, -0.25) is 9.59 Å². The molecule has 4 rings (SSSR count). The third-order valence-corrected chi connectivity index (χ3v) is 7.29. The second kappa shape index (κ2) is 10.1. The molecule has 2 unspecified atom stereocenters. The van der Waals surface area contributed by atoms with E-state index in [1.807, 2.05) is 29.6 Å². The van der Waals surface area contributed by atoms with Crippen LogP contribution in [-0.2, 0) is 16.0 Å². The van der Waals surface area contributed by atoms with Crippen LogP contribution in [-0.4, -0.2) is 17.4 Å². The van der Waals surface area contributed by atoms with E-state index in [1.165, 1.54) is 21.6 Å². The molecule has 0 bridgehead atoms. The molecule has 1 fully saturated rings. The summed E-state index contributed by atoms with van der Waals surface area (Å²) in [5.41, 5.74) is 3.19. The zero-order valence-electron chi connectivity index (χ0n) is 18.5. The van der Waals surface area contributed by atoms with Crippen molar-refractivity contribution in [1.82, 2.24) is 10.6 Å². The van der Waals surface area contributed by atoms with E-state index in [9.17, 15) is 9.59 Å². The summed E-state index contributed by atoms with van der Waals surface area (Å²) in [6.07, 6.45) is 3.94. The molecule has 1 saturated heterocycles. The average Bonchev–Trinajstić information content (AvgIpc) is 3.48. The zero-order chi connectivity index (χ0) is 22.4. The number of benzene rings is 2. The maximum absolute atomic E-state index is 12.7. The zero-order valence-corrected chi connectivity index (χ0v) is 19.3. The largest absolute Gasteiger partial charge is 0.350 e. The highest BCUT2D eigenvalue weighted by Crippen LogP contribution is 2.31. The summed E-state index contributed by atoms with van der Waals surface area (Å²) in [5, 5.41) is 8.40. The fourth-order valence-corrected chi connectivity index (χ4v) is 5.36. The molecule has 1 aromatic heterocycles. The van der Waals surface area contributed by atoms with Crippen LogP contribution in [0.2, 0.25) is 0 Å². The minimum Gasteiger partial charge on any atom is -0.350 e. The van der Waals surface area contributed by atoms with Crippen LogP contribution in [0.4, 0.5) is 0 Å². The van der Waals surface area contributed by atoms with E-state index in [0.29, 0.717) is 19.3 Å². The van der Waals surface area contributed by atoms with E-state index < -0.39 is 0 Å². The van der Waals surface area contributed by atoms with Crippen LogP contribution in [0.5, 0.6) is 0 Å². The van der Waals surface area contributed by atoms with Gasteiger partial charge in [0, 0.05) is 23.3 Å². The molecule has 2 N–H and O–H groups in total. The molecule has 3 aromatic rings. The van der Waals surface area contributed by atoms with Crippen molar-refractivity contribution in [1.29, 1.82) is 0 Å². The lowest BCUT2D eigenvalue weighted by molar-refractivity contribution is -0.123. The van der Waals surface area contributed by atoms with Crippen LogP contribution in [0, 0.1) is 0 Å². The predicted octanol–water partition coefficient (Wildman–Crippen LogP) is 5.65. The Kier molecular flexibility index (Phi) is 7.05. The number of carbonyl (C=O) groups excluding carboxylic acids is 2. The number of rotatable bonds is 9. The SMILES string of the molecule is CCC(NC(=O)CCC1(Cc2ccc(-c3ccccc3)cc2)CCC(=O)N1)c1cccs1. The molecule has 2 aromatic carbocycles. The van der Waals surface area contributed by atoms with E-state index in [2.05, 4.69) is 60.0 Å². The van der Waals surface area contributed by atoms with Gasteiger partial charge < -0.3 is 10.6 Å². The van der Waals surface area contributed by atoms with Crippen molar-refractivity contribution in [3.63, 3.8) is 0 Å². The Hall–Kier alpha value is -2.92. The Labute approximate surface area is 194 Å². The second-order valence-electron chi connectivity index (χ2n) is 8.61. The molecule has 4 nitrogen and oxygen atoms in total. The minimum atomic E-state index is -0.354. The molecule has 2 atom stereocenters. The van der Waals surface area contributed by atoms with Gasteiger partial charge in [0.1, 0.15) is 0 Å². The summed E-state index contributed by atoms with van der Waals surface area (Å²) in [4.78, 5) is 26.0. The van der Waals surface area contributed by atoms with E-state index in [-0.39, 0.29) is 23.4 Å². The lowest BCUT2D eigenvalue weighted by Crippen LogP contribution is -2.44. The highest BCUT2D eigenvalue weighted by Gasteiger charge is 2.38. The summed E-state index contributed by atoms with van der Waals surface area (Å²) < 4.78 is 0. The number of nitrogens with one attached hydrogen (secondary N) is 2. The van der Waals surface area contributed by atoms with Gasteiger partial charge in [-0.2, -0.15) is 0 Å². The molecule has 0 aliphatic carbocycles. The topological polar surface area (TPSA) is 58.2 Å². The molecule has 0 spiro atoms. The molecule has 5 heteroatoms. The van der Waals surface area contributed by atoms with Crippen molar-refractivity contribution in [2.75, 3.05) is 0 Å². The Bertz CT molecular complexity index is 1030. The maximum Gasteiger partial charge on any atom is 0.220 e. The summed E-state index contributed by atoms with van der Waals surface area (Å²) in [6, 6.07) is 23.0. The third kappa shape index (κ3) is 5.46. The standard InChI is InChI=1S/C27H30N2O2S/c1-2-23(24-9-6-18-32-24)28-25(30)14-16-27(17-15-26(31)29-27)19-20-10-12-22(13-11-20)21-7-4-3-5-8-21/h3-13,18,23H,2,14-17,19H2,1H3,(H,28,30)(H,29,31). The quantitative estimate of drug-likeness (QED) is 0.446. The van der Waals surface area contributed by atoms with Gasteiger partial charge in [0.25, 0.3) is 0 Å². The first-order valence-electron chi connectivity index (χ1n) is 11.3. The molecule has 166 valence electrons. The Morgan fingerprint density at radius 3 is 2.44 bits per heavy atom. The van der Waals surface area contributed by atoms with Crippen LogP contribution in [0.25, 0.3) is 11.1 Å². The molecule has 2 heterocycles. The number of amides is 2. The number of thiophene rings is 1. The summed E-state index contributed by atoms with van der Waals surface area (Å²) in [7, 11) is 0. The second-order valence-corrected chi connectivity index (χ2v) is 9.59. The van der Waals surface area contributed by atoms with Crippen LogP contribution in [0.1, 0.15) is 55.5 Å². The number of hydrogen-bond acceptors (Lipinski definition) is 3. The molecular formula is C27H30N2O2S. The predicted molar refractivity (Wildman–Crippen MR) is 130 cm³/mol. The minimum absolute atomic E-state index is 0.0465. The first kappa shape index (κ1) is 22.3. The van der Waals surface area contributed by atoms with Gasteiger partial charge in [0.2, 0.25) is 11.8 Å². The molecule has 1 aliphatic heterocycles. The van der Waals surface area contributed by atoms with E-state index in [4.69, 9.17) is 0 Å². The van der Waals surface area contributed by atoms with Gasteiger partial charge in [-0.25, -0.2) is 0 Å². The number of hydrogen-bond donors (Lipinski definition) is 2.